The van der Waals surface area contributed by atoms with Gasteiger partial charge in [0.1, 0.15) is 17.1 Å². The smallest absolute Gasteiger partial charge is 0.344 e. The summed E-state index contributed by atoms with van der Waals surface area (Å²) < 4.78 is 10.4. The number of nitrogens with zero attached hydrogens (tertiary/aromatic N) is 4. The van der Waals surface area contributed by atoms with Gasteiger partial charge in [-0.25, -0.2) is 19.7 Å². The molecule has 170 valence electrons. The number of aromatic nitrogens is 4. The fourth-order valence-corrected chi connectivity index (χ4v) is 3.29. The Morgan fingerprint density at radius 2 is 1.76 bits per heavy atom. The number of esters is 1. The molecule has 9 nitrogen and oxygen atoms in total. The lowest BCUT2D eigenvalue weighted by molar-refractivity contribution is 0.0528. The maximum atomic E-state index is 12.5. The molecule has 0 amide bonds. The number of benzene rings is 2. The maximum Gasteiger partial charge on any atom is 0.344 e. The average molecular weight is 467 g/mol. The fraction of sp³-hybridized carbons (Fsp3) is 0.174. The number of methoxy groups -OCH3 is 1. The van der Waals surface area contributed by atoms with Crippen LogP contribution in [0.15, 0.2) is 48.5 Å². The number of halogens is 1. The van der Waals surface area contributed by atoms with Crippen LogP contribution in [0.3, 0.4) is 0 Å². The van der Waals surface area contributed by atoms with Crippen LogP contribution in [0, 0.1) is 6.92 Å². The summed E-state index contributed by atoms with van der Waals surface area (Å²) in [4.78, 5) is 30.4. The molecular weight excluding hydrogens is 444 g/mol. The Morgan fingerprint density at radius 3 is 2.45 bits per heavy atom. The number of carbonyl (C=O) groups excluding carboxylic acids is 1. The molecule has 0 spiro atoms. The Balaban J connectivity index is 0.00000306. The zero-order valence-electron chi connectivity index (χ0n) is 18.3. The number of ether oxygens (including phenoxy) is 2. The van der Waals surface area contributed by atoms with Crippen molar-refractivity contribution in [2.45, 2.75) is 13.8 Å². The van der Waals surface area contributed by atoms with Gasteiger partial charge in [-0.2, -0.15) is 4.98 Å². The third-order valence-electron chi connectivity index (χ3n) is 4.78. The van der Waals surface area contributed by atoms with Crippen LogP contribution in [0.2, 0.25) is 0 Å². The third-order valence-corrected chi connectivity index (χ3v) is 4.78. The van der Waals surface area contributed by atoms with E-state index in [9.17, 15) is 4.79 Å². The molecule has 0 aliphatic rings. The molecule has 3 N–H and O–H groups in total. The van der Waals surface area contributed by atoms with E-state index >= 15 is 0 Å². The summed E-state index contributed by atoms with van der Waals surface area (Å²) in [6.45, 7) is 3.81. The Hall–Kier alpha value is -3.98. The molecule has 4 aromatic rings. The second-order valence-electron chi connectivity index (χ2n) is 6.88. The Bertz CT molecular complexity index is 1300. The minimum Gasteiger partial charge on any atom is -0.497 e. The van der Waals surface area contributed by atoms with E-state index in [2.05, 4.69) is 25.3 Å². The summed E-state index contributed by atoms with van der Waals surface area (Å²) in [5.74, 6) is 0.622. The van der Waals surface area contributed by atoms with Crippen molar-refractivity contribution in [2.24, 2.45) is 0 Å². The first-order valence-corrected chi connectivity index (χ1v) is 9.99. The molecule has 0 fully saturated rings. The number of hydrogen-bond donors (Lipinski definition) is 2. The van der Waals surface area contributed by atoms with Crippen LogP contribution in [0.25, 0.3) is 22.2 Å². The van der Waals surface area contributed by atoms with Crippen LogP contribution >= 0.6 is 12.4 Å². The molecule has 0 saturated heterocycles. The molecular formula is C23H23ClN6O3. The Kier molecular flexibility index (Phi) is 7.24. The number of hydrogen-bond acceptors (Lipinski definition) is 9. The zero-order chi connectivity index (χ0) is 22.7. The standard InChI is InChI=1S/C23H22N6O3.ClH/c1-4-32-21(30)18-19(14-8-6-5-7-9-14)27-23(28-20(18)24)29-22-25-13(2)16-12-15(31-3)10-11-17(16)26-22;/h5-12H,4H2,1-3H3,(H3,24,25,26,27,28,29);1H. The van der Waals surface area contributed by atoms with Crippen LogP contribution in [-0.4, -0.2) is 39.6 Å². The minimum atomic E-state index is -0.581. The van der Waals surface area contributed by atoms with Gasteiger partial charge in [0, 0.05) is 10.9 Å². The Labute approximate surface area is 196 Å². The highest BCUT2D eigenvalue weighted by Crippen LogP contribution is 2.28. The highest BCUT2D eigenvalue weighted by Gasteiger charge is 2.22. The number of nitrogen functional groups attached to an aromatic ring is 1. The summed E-state index contributed by atoms with van der Waals surface area (Å²) in [5.41, 5.74) is 8.83. The molecule has 4 rings (SSSR count). The zero-order valence-corrected chi connectivity index (χ0v) is 19.1. The lowest BCUT2D eigenvalue weighted by atomic mass is 10.1. The third kappa shape index (κ3) is 4.93. The van der Waals surface area contributed by atoms with E-state index in [1.54, 1.807) is 14.0 Å². The number of nitrogens with two attached hydrogens (primary N) is 1. The molecule has 2 heterocycles. The first-order valence-electron chi connectivity index (χ1n) is 9.99. The van der Waals surface area contributed by atoms with Crippen LogP contribution in [0.1, 0.15) is 23.0 Å². The molecule has 0 aliphatic heterocycles. The monoisotopic (exact) mass is 466 g/mol. The number of aryl methyl sites for hydroxylation is 1. The summed E-state index contributed by atoms with van der Waals surface area (Å²) in [6.07, 6.45) is 0. The van der Waals surface area contributed by atoms with Gasteiger partial charge in [0.15, 0.2) is 0 Å². The van der Waals surface area contributed by atoms with Gasteiger partial charge in [0.25, 0.3) is 0 Å². The number of anilines is 3. The van der Waals surface area contributed by atoms with Crippen molar-refractivity contribution in [3.63, 3.8) is 0 Å². The van der Waals surface area contributed by atoms with Crippen LogP contribution in [0.4, 0.5) is 17.7 Å². The number of fused-ring (bicyclic) bond motifs is 1. The normalized spacial score (nSPS) is 10.4. The highest BCUT2D eigenvalue weighted by atomic mass is 35.5. The van der Waals surface area contributed by atoms with Crippen molar-refractivity contribution in [2.75, 3.05) is 24.8 Å². The van der Waals surface area contributed by atoms with Gasteiger partial charge in [0.05, 0.1) is 30.6 Å². The first kappa shape index (κ1) is 23.7. The van der Waals surface area contributed by atoms with E-state index in [1.807, 2.05) is 55.5 Å². The van der Waals surface area contributed by atoms with Crippen molar-refractivity contribution < 1.29 is 14.3 Å². The molecule has 0 unspecified atom stereocenters. The summed E-state index contributed by atoms with van der Waals surface area (Å²) in [5, 5.41) is 3.88. The lowest BCUT2D eigenvalue weighted by Crippen LogP contribution is -2.14. The van der Waals surface area contributed by atoms with Gasteiger partial charge >= 0.3 is 5.97 Å². The molecule has 33 heavy (non-hydrogen) atoms. The van der Waals surface area contributed by atoms with Crippen molar-refractivity contribution >= 4 is 47.0 Å². The molecule has 10 heteroatoms. The van der Waals surface area contributed by atoms with Crippen LogP contribution < -0.4 is 15.8 Å². The van der Waals surface area contributed by atoms with Crippen molar-refractivity contribution in [3.8, 4) is 17.0 Å². The quantitative estimate of drug-likeness (QED) is 0.399. The predicted octanol–water partition coefficient (Wildman–Crippen LogP) is 4.33. The highest BCUT2D eigenvalue weighted by molar-refractivity contribution is 6.00. The van der Waals surface area contributed by atoms with Gasteiger partial charge in [0.2, 0.25) is 11.9 Å². The van der Waals surface area contributed by atoms with Crippen molar-refractivity contribution in [1.29, 1.82) is 0 Å². The molecule has 2 aromatic carbocycles. The topological polar surface area (TPSA) is 125 Å². The number of rotatable bonds is 6. The summed E-state index contributed by atoms with van der Waals surface area (Å²) in [6, 6.07) is 14.8. The fourth-order valence-electron chi connectivity index (χ4n) is 3.29. The van der Waals surface area contributed by atoms with Crippen LogP contribution in [-0.2, 0) is 4.74 Å². The van der Waals surface area contributed by atoms with Gasteiger partial charge in [-0.15, -0.1) is 12.4 Å². The van der Waals surface area contributed by atoms with E-state index in [0.29, 0.717) is 17.2 Å². The predicted molar refractivity (Wildman–Crippen MR) is 129 cm³/mol. The molecule has 0 aliphatic carbocycles. The molecule has 0 bridgehead atoms. The van der Waals surface area contributed by atoms with Crippen LogP contribution in [0.5, 0.6) is 5.75 Å². The van der Waals surface area contributed by atoms with Crippen molar-refractivity contribution in [1.82, 2.24) is 19.9 Å². The second-order valence-corrected chi connectivity index (χ2v) is 6.88. The van der Waals surface area contributed by atoms with Gasteiger partial charge < -0.3 is 15.2 Å². The first-order chi connectivity index (χ1) is 15.5. The molecule has 0 saturated carbocycles. The second kappa shape index (κ2) is 10.1. The summed E-state index contributed by atoms with van der Waals surface area (Å²) in [7, 11) is 1.61. The van der Waals surface area contributed by atoms with Gasteiger partial charge in [-0.1, -0.05) is 30.3 Å². The molecule has 2 aromatic heterocycles. The lowest BCUT2D eigenvalue weighted by Gasteiger charge is -2.13. The van der Waals surface area contributed by atoms with E-state index in [0.717, 1.165) is 22.3 Å². The van der Waals surface area contributed by atoms with Crippen molar-refractivity contribution in [3.05, 3.63) is 59.8 Å². The number of nitrogens with one attached hydrogen (secondary N) is 1. The molecule has 0 atom stereocenters. The largest absolute Gasteiger partial charge is 0.497 e. The van der Waals surface area contributed by atoms with E-state index < -0.39 is 5.97 Å². The van der Waals surface area contributed by atoms with E-state index in [4.69, 9.17) is 15.2 Å². The maximum absolute atomic E-state index is 12.5. The Morgan fingerprint density at radius 1 is 1.03 bits per heavy atom. The molecule has 0 radical (unpaired) electrons. The average Bonchev–Trinajstić information content (AvgIpc) is 2.79. The van der Waals surface area contributed by atoms with E-state index in [1.165, 1.54) is 0 Å². The van der Waals surface area contributed by atoms with E-state index in [-0.39, 0.29) is 36.3 Å². The minimum absolute atomic E-state index is 0. The summed E-state index contributed by atoms with van der Waals surface area (Å²) >= 11 is 0. The number of carbonyl (C=O) groups is 1. The SMILES string of the molecule is CCOC(=O)c1c(N)nc(Nc2nc(C)c3cc(OC)ccc3n2)nc1-c1ccccc1.Cl. The van der Waals surface area contributed by atoms with Gasteiger partial charge in [-0.05, 0) is 32.0 Å². The van der Waals surface area contributed by atoms with Gasteiger partial charge in [-0.3, -0.25) is 5.32 Å².